The van der Waals surface area contributed by atoms with Crippen molar-refractivity contribution in [2.75, 3.05) is 30.3 Å². The van der Waals surface area contributed by atoms with Gasteiger partial charge in [0, 0.05) is 35.9 Å². The molecular formula is C12H26N2O2S2. The van der Waals surface area contributed by atoms with E-state index in [1.54, 1.807) is 18.7 Å². The van der Waals surface area contributed by atoms with Gasteiger partial charge in [0.25, 0.3) is 0 Å². The second-order valence-corrected chi connectivity index (χ2v) is 8.62. The summed E-state index contributed by atoms with van der Waals surface area (Å²) in [6, 6.07) is 0. The molecule has 1 rings (SSSR count). The minimum absolute atomic E-state index is 0.213. The van der Waals surface area contributed by atoms with Gasteiger partial charge in [-0.1, -0.05) is 20.8 Å². The molecule has 0 bridgehead atoms. The minimum Gasteiger partial charge on any atom is -0.324 e. The summed E-state index contributed by atoms with van der Waals surface area (Å²) in [7, 11) is -3.01. The van der Waals surface area contributed by atoms with Crippen LogP contribution in [0.2, 0.25) is 0 Å². The van der Waals surface area contributed by atoms with Gasteiger partial charge in [-0.25, -0.2) is 8.42 Å². The van der Waals surface area contributed by atoms with Crippen molar-refractivity contribution in [2.24, 2.45) is 5.73 Å². The maximum atomic E-state index is 12.1. The number of thioether (sulfide) groups is 1. The molecule has 4 nitrogen and oxygen atoms in total. The topological polar surface area (TPSA) is 63.4 Å². The van der Waals surface area contributed by atoms with Gasteiger partial charge in [0.2, 0.25) is 0 Å². The van der Waals surface area contributed by atoms with E-state index in [0.717, 1.165) is 25.1 Å². The van der Waals surface area contributed by atoms with Gasteiger partial charge >= 0.3 is 0 Å². The summed E-state index contributed by atoms with van der Waals surface area (Å²) in [6.45, 7) is 7.39. The fraction of sp³-hybridized carbons (Fsp3) is 1.00. The Morgan fingerprint density at radius 3 is 2.44 bits per heavy atom. The van der Waals surface area contributed by atoms with Gasteiger partial charge in [0.05, 0.1) is 0 Å². The molecule has 0 aliphatic carbocycles. The van der Waals surface area contributed by atoms with Crippen molar-refractivity contribution in [3.05, 3.63) is 0 Å². The van der Waals surface area contributed by atoms with E-state index in [0.29, 0.717) is 12.3 Å². The normalized spacial score (nSPS) is 23.2. The zero-order valence-electron chi connectivity index (χ0n) is 11.7. The fourth-order valence-corrected chi connectivity index (χ4v) is 5.28. The Morgan fingerprint density at radius 1 is 1.33 bits per heavy atom. The molecule has 1 fully saturated rings. The molecular weight excluding hydrogens is 268 g/mol. The lowest BCUT2D eigenvalue weighted by molar-refractivity contribution is 0.195. The second-order valence-electron chi connectivity index (χ2n) is 5.02. The highest BCUT2D eigenvalue weighted by Gasteiger charge is 2.36. The van der Waals surface area contributed by atoms with Gasteiger partial charge < -0.3 is 5.73 Å². The van der Waals surface area contributed by atoms with Crippen LogP contribution in [0.4, 0.5) is 0 Å². The molecule has 0 aromatic carbocycles. The molecule has 0 spiro atoms. The molecule has 1 aliphatic rings. The van der Waals surface area contributed by atoms with Gasteiger partial charge in [0.15, 0.2) is 9.84 Å². The maximum Gasteiger partial charge on any atom is 0.166 e. The van der Waals surface area contributed by atoms with Crippen molar-refractivity contribution >= 4 is 21.6 Å². The summed E-state index contributed by atoms with van der Waals surface area (Å²) in [6.07, 6.45) is 1.76. The van der Waals surface area contributed by atoms with Gasteiger partial charge in [-0.05, 0) is 12.8 Å². The lowest BCUT2D eigenvalue weighted by Gasteiger charge is -2.40. The van der Waals surface area contributed by atoms with Crippen molar-refractivity contribution in [1.29, 1.82) is 0 Å². The summed E-state index contributed by atoms with van der Waals surface area (Å²) >= 11 is 1.73. The summed E-state index contributed by atoms with van der Waals surface area (Å²) < 4.78 is 24.3. The van der Waals surface area contributed by atoms with Gasteiger partial charge in [0.1, 0.15) is 5.37 Å². The quantitative estimate of drug-likeness (QED) is 0.800. The van der Waals surface area contributed by atoms with E-state index in [1.807, 2.05) is 0 Å². The molecule has 0 aromatic heterocycles. The molecule has 1 atom stereocenters. The zero-order chi connectivity index (χ0) is 13.8. The molecule has 0 aromatic rings. The Hall–Kier alpha value is 0.220. The first-order valence-corrected chi connectivity index (χ1v) is 9.57. The molecule has 1 heterocycles. The summed E-state index contributed by atoms with van der Waals surface area (Å²) in [4.78, 5) is 2.09. The largest absolute Gasteiger partial charge is 0.324 e. The van der Waals surface area contributed by atoms with Crippen LogP contribution in [0.5, 0.6) is 0 Å². The number of nitrogens with two attached hydrogens (primary N) is 1. The van der Waals surface area contributed by atoms with Gasteiger partial charge in [-0.15, -0.1) is 0 Å². The molecule has 1 aliphatic heterocycles. The molecule has 6 heteroatoms. The minimum atomic E-state index is -3.01. The molecule has 1 unspecified atom stereocenters. The van der Waals surface area contributed by atoms with Gasteiger partial charge in [-0.2, -0.15) is 11.8 Å². The molecule has 0 radical (unpaired) electrons. The molecule has 1 saturated heterocycles. The standard InChI is InChI=1S/C12H26N2O2S2/c1-4-12(13,5-2)10-14-7-8-17-9-11(14)18(15,16)6-3/h11H,4-10,13H2,1-3H3. The average molecular weight is 294 g/mol. The van der Waals surface area contributed by atoms with E-state index < -0.39 is 9.84 Å². The Kier molecular flexibility index (Phi) is 5.96. The highest BCUT2D eigenvalue weighted by Crippen LogP contribution is 2.24. The highest BCUT2D eigenvalue weighted by molar-refractivity contribution is 8.01. The Bertz CT molecular complexity index is 353. The third-order valence-electron chi connectivity index (χ3n) is 3.93. The van der Waals surface area contributed by atoms with Crippen molar-refractivity contribution in [3.63, 3.8) is 0 Å². The second kappa shape index (κ2) is 6.59. The van der Waals surface area contributed by atoms with Crippen LogP contribution in [0, 0.1) is 0 Å². The number of rotatable bonds is 6. The third-order valence-corrected chi connectivity index (χ3v) is 7.27. The van der Waals surface area contributed by atoms with Crippen molar-refractivity contribution < 1.29 is 8.42 Å². The molecule has 18 heavy (non-hydrogen) atoms. The lowest BCUT2D eigenvalue weighted by Crippen LogP contribution is -2.56. The molecule has 0 saturated carbocycles. The van der Waals surface area contributed by atoms with E-state index in [2.05, 4.69) is 18.7 Å². The number of hydrogen-bond acceptors (Lipinski definition) is 5. The van der Waals surface area contributed by atoms with Crippen LogP contribution in [0.1, 0.15) is 33.6 Å². The SMILES string of the molecule is CCC(N)(CC)CN1CCSCC1S(=O)(=O)CC. The summed E-state index contributed by atoms with van der Waals surface area (Å²) in [5.74, 6) is 1.89. The van der Waals surface area contributed by atoms with Crippen LogP contribution < -0.4 is 5.73 Å². The first kappa shape index (κ1) is 16.3. The van der Waals surface area contributed by atoms with E-state index in [9.17, 15) is 8.42 Å². The Morgan fingerprint density at radius 2 is 1.94 bits per heavy atom. The van der Waals surface area contributed by atoms with Crippen LogP contribution in [-0.4, -0.2) is 54.6 Å². The van der Waals surface area contributed by atoms with Crippen LogP contribution in [-0.2, 0) is 9.84 Å². The van der Waals surface area contributed by atoms with Crippen molar-refractivity contribution in [1.82, 2.24) is 4.90 Å². The zero-order valence-corrected chi connectivity index (χ0v) is 13.3. The molecule has 0 amide bonds. The van der Waals surface area contributed by atoms with Crippen molar-refractivity contribution in [2.45, 2.75) is 44.5 Å². The first-order valence-electron chi connectivity index (χ1n) is 6.70. The van der Waals surface area contributed by atoms with E-state index in [4.69, 9.17) is 5.73 Å². The lowest BCUT2D eigenvalue weighted by atomic mass is 9.93. The van der Waals surface area contributed by atoms with Crippen LogP contribution in [0.3, 0.4) is 0 Å². The third kappa shape index (κ3) is 3.85. The predicted molar refractivity (Wildman–Crippen MR) is 79.6 cm³/mol. The van der Waals surface area contributed by atoms with E-state index in [-0.39, 0.29) is 16.7 Å². The predicted octanol–water partition coefficient (Wildman–Crippen LogP) is 1.31. The van der Waals surface area contributed by atoms with E-state index >= 15 is 0 Å². The fourth-order valence-electron chi connectivity index (χ4n) is 2.20. The smallest absolute Gasteiger partial charge is 0.166 e. The molecule has 108 valence electrons. The van der Waals surface area contributed by atoms with E-state index in [1.165, 1.54) is 0 Å². The van der Waals surface area contributed by atoms with Crippen molar-refractivity contribution in [3.8, 4) is 0 Å². The summed E-state index contributed by atoms with van der Waals surface area (Å²) in [5, 5.41) is -0.345. The maximum absolute atomic E-state index is 12.1. The first-order chi connectivity index (χ1) is 8.38. The molecule has 2 N–H and O–H groups in total. The monoisotopic (exact) mass is 294 g/mol. The van der Waals surface area contributed by atoms with Crippen LogP contribution in [0.15, 0.2) is 0 Å². The van der Waals surface area contributed by atoms with Crippen LogP contribution in [0.25, 0.3) is 0 Å². The number of sulfone groups is 1. The van der Waals surface area contributed by atoms with Crippen LogP contribution >= 0.6 is 11.8 Å². The summed E-state index contributed by atoms with van der Waals surface area (Å²) in [5.41, 5.74) is 6.07. The number of nitrogens with zero attached hydrogens (tertiary/aromatic N) is 1. The Balaban J connectivity index is 2.84. The highest BCUT2D eigenvalue weighted by atomic mass is 32.2. The van der Waals surface area contributed by atoms with Gasteiger partial charge in [-0.3, -0.25) is 4.90 Å². The number of hydrogen-bond donors (Lipinski definition) is 1. The Labute approximate surface area is 116 Å². The average Bonchev–Trinajstić information content (AvgIpc) is 2.39.